The van der Waals surface area contributed by atoms with Crippen molar-refractivity contribution in [2.75, 3.05) is 26.4 Å². The molecule has 25 heavy (non-hydrogen) atoms. The van der Waals surface area contributed by atoms with E-state index in [1.807, 2.05) is 6.92 Å². The van der Waals surface area contributed by atoms with Gasteiger partial charge in [-0.25, -0.2) is 0 Å². The summed E-state index contributed by atoms with van der Waals surface area (Å²) in [4.78, 5) is 0. The number of aliphatic hydroxyl groups excluding tert-OH is 1. The molecule has 150 valence electrons. The standard InChI is InChI=1S/C14H28O4.C4H11N3/c1-3-5-9-16-11-13-12(17-10-6-4-2)7-8-14(15)18-13;1-2-3-7-4(5)6/h12-15H,3-11H2,1-2H3;2-3H2,1H3,(H4,5,6,7). The Hall–Kier alpha value is -0.890. The maximum absolute atomic E-state index is 9.54. The minimum absolute atomic E-state index is 0.0573. The number of hydrogen-bond acceptors (Lipinski definition) is 5. The van der Waals surface area contributed by atoms with Crippen molar-refractivity contribution in [1.29, 1.82) is 5.41 Å². The predicted octanol–water partition coefficient (Wildman–Crippen LogP) is 2.37. The normalized spacial score (nSPS) is 22.8. The quantitative estimate of drug-likeness (QED) is 0.255. The average molecular weight is 362 g/mol. The van der Waals surface area contributed by atoms with E-state index in [1.165, 1.54) is 0 Å². The van der Waals surface area contributed by atoms with Crippen LogP contribution in [-0.4, -0.2) is 55.9 Å². The molecule has 0 bridgehead atoms. The first-order chi connectivity index (χ1) is 12.0. The fourth-order valence-corrected chi connectivity index (χ4v) is 2.27. The largest absolute Gasteiger partial charge is 0.379 e. The molecule has 1 fully saturated rings. The van der Waals surface area contributed by atoms with Crippen LogP contribution >= 0.6 is 0 Å². The molecule has 0 saturated carbocycles. The summed E-state index contributed by atoms with van der Waals surface area (Å²) in [5.41, 5.74) is 4.95. The van der Waals surface area contributed by atoms with Gasteiger partial charge in [0, 0.05) is 26.2 Å². The Kier molecular flexibility index (Phi) is 16.0. The van der Waals surface area contributed by atoms with Gasteiger partial charge < -0.3 is 30.4 Å². The van der Waals surface area contributed by atoms with Crippen LogP contribution in [0.15, 0.2) is 0 Å². The van der Waals surface area contributed by atoms with Crippen LogP contribution in [0, 0.1) is 5.41 Å². The van der Waals surface area contributed by atoms with E-state index < -0.39 is 6.29 Å². The average Bonchev–Trinajstić information content (AvgIpc) is 2.59. The third-order valence-electron chi connectivity index (χ3n) is 3.76. The van der Waals surface area contributed by atoms with Gasteiger partial charge in [-0.15, -0.1) is 0 Å². The fraction of sp³-hybridized carbons (Fsp3) is 0.944. The minimum atomic E-state index is -0.657. The molecular formula is C18H39N3O4. The molecule has 0 spiro atoms. The summed E-state index contributed by atoms with van der Waals surface area (Å²) < 4.78 is 16.9. The first kappa shape index (κ1) is 24.1. The van der Waals surface area contributed by atoms with Crippen molar-refractivity contribution in [2.45, 2.75) is 84.2 Å². The van der Waals surface area contributed by atoms with Crippen molar-refractivity contribution in [1.82, 2.24) is 5.32 Å². The predicted molar refractivity (Wildman–Crippen MR) is 101 cm³/mol. The van der Waals surface area contributed by atoms with E-state index >= 15 is 0 Å². The lowest BCUT2D eigenvalue weighted by molar-refractivity contribution is -0.222. The molecule has 3 unspecified atom stereocenters. The molecule has 0 aliphatic carbocycles. The lowest BCUT2D eigenvalue weighted by Gasteiger charge is -2.34. The second kappa shape index (κ2) is 16.6. The number of aliphatic hydroxyl groups is 1. The molecule has 1 saturated heterocycles. The first-order valence-electron chi connectivity index (χ1n) is 9.65. The van der Waals surface area contributed by atoms with Crippen molar-refractivity contribution < 1.29 is 19.3 Å². The molecule has 1 heterocycles. The van der Waals surface area contributed by atoms with Gasteiger partial charge in [-0.1, -0.05) is 33.6 Å². The van der Waals surface area contributed by atoms with Gasteiger partial charge in [0.25, 0.3) is 0 Å². The van der Waals surface area contributed by atoms with Gasteiger partial charge >= 0.3 is 0 Å². The number of nitrogens with two attached hydrogens (primary N) is 1. The number of guanidine groups is 1. The summed E-state index contributed by atoms with van der Waals surface area (Å²) in [5, 5.41) is 18.9. The Morgan fingerprint density at radius 1 is 1.16 bits per heavy atom. The zero-order chi connectivity index (χ0) is 18.9. The van der Waals surface area contributed by atoms with E-state index in [9.17, 15) is 5.11 Å². The number of nitrogens with one attached hydrogen (secondary N) is 2. The van der Waals surface area contributed by atoms with Gasteiger partial charge in [0.1, 0.15) is 6.10 Å². The second-order valence-corrected chi connectivity index (χ2v) is 6.24. The van der Waals surface area contributed by atoms with E-state index in [-0.39, 0.29) is 18.2 Å². The van der Waals surface area contributed by atoms with Crippen LogP contribution in [0.5, 0.6) is 0 Å². The van der Waals surface area contributed by atoms with Crippen LogP contribution in [0.25, 0.3) is 0 Å². The summed E-state index contributed by atoms with van der Waals surface area (Å²) >= 11 is 0. The lowest BCUT2D eigenvalue weighted by atomic mass is 10.1. The van der Waals surface area contributed by atoms with E-state index in [1.54, 1.807) is 0 Å². The second-order valence-electron chi connectivity index (χ2n) is 6.24. The van der Waals surface area contributed by atoms with Crippen molar-refractivity contribution in [3.05, 3.63) is 0 Å². The SMILES string of the molecule is CCCCOCC1OC(O)CCC1OCCCC.CCCNC(=N)N. The zero-order valence-electron chi connectivity index (χ0n) is 16.3. The highest BCUT2D eigenvalue weighted by Crippen LogP contribution is 2.21. The smallest absolute Gasteiger partial charge is 0.185 e. The van der Waals surface area contributed by atoms with E-state index in [0.717, 1.165) is 58.3 Å². The topological polar surface area (TPSA) is 110 Å². The Balaban J connectivity index is 0.000000697. The van der Waals surface area contributed by atoms with E-state index in [0.29, 0.717) is 13.0 Å². The summed E-state index contributed by atoms with van der Waals surface area (Å²) in [5.74, 6) is 0.0573. The molecule has 7 nitrogen and oxygen atoms in total. The zero-order valence-corrected chi connectivity index (χ0v) is 16.3. The summed E-state index contributed by atoms with van der Waals surface area (Å²) in [6.07, 6.45) is 6.21. The van der Waals surface area contributed by atoms with Gasteiger partial charge in [0.15, 0.2) is 12.2 Å². The Bertz CT molecular complexity index is 319. The van der Waals surface area contributed by atoms with Crippen molar-refractivity contribution in [3.63, 3.8) is 0 Å². The van der Waals surface area contributed by atoms with Crippen LogP contribution in [-0.2, 0) is 14.2 Å². The maximum atomic E-state index is 9.54. The summed E-state index contributed by atoms with van der Waals surface area (Å²) in [6.45, 7) is 9.16. The van der Waals surface area contributed by atoms with Crippen LogP contribution in [0.3, 0.4) is 0 Å². The van der Waals surface area contributed by atoms with Crippen molar-refractivity contribution in [2.24, 2.45) is 5.73 Å². The Morgan fingerprint density at radius 3 is 2.40 bits per heavy atom. The molecular weight excluding hydrogens is 322 g/mol. The van der Waals surface area contributed by atoms with Gasteiger partial charge in [-0.2, -0.15) is 0 Å². The Morgan fingerprint density at radius 2 is 1.84 bits per heavy atom. The van der Waals surface area contributed by atoms with Crippen molar-refractivity contribution >= 4 is 5.96 Å². The number of unbranched alkanes of at least 4 members (excludes halogenated alkanes) is 2. The summed E-state index contributed by atoms with van der Waals surface area (Å²) in [7, 11) is 0. The van der Waals surface area contributed by atoms with Crippen LogP contribution < -0.4 is 11.1 Å². The van der Waals surface area contributed by atoms with E-state index in [2.05, 4.69) is 19.2 Å². The third-order valence-corrected chi connectivity index (χ3v) is 3.76. The van der Waals surface area contributed by atoms with E-state index in [4.69, 9.17) is 25.4 Å². The maximum Gasteiger partial charge on any atom is 0.185 e. The highest BCUT2D eigenvalue weighted by molar-refractivity contribution is 5.74. The Labute approximate surface area is 153 Å². The van der Waals surface area contributed by atoms with Gasteiger partial charge in [-0.3, -0.25) is 5.41 Å². The molecule has 0 radical (unpaired) electrons. The van der Waals surface area contributed by atoms with Crippen LogP contribution in [0.1, 0.15) is 65.7 Å². The van der Waals surface area contributed by atoms with Gasteiger partial charge in [0.05, 0.1) is 12.7 Å². The van der Waals surface area contributed by atoms with Crippen molar-refractivity contribution in [3.8, 4) is 0 Å². The molecule has 0 aromatic carbocycles. The third kappa shape index (κ3) is 14.0. The number of ether oxygens (including phenoxy) is 3. The monoisotopic (exact) mass is 361 g/mol. The molecule has 3 atom stereocenters. The molecule has 1 aliphatic rings. The lowest BCUT2D eigenvalue weighted by Crippen LogP contribution is -2.43. The number of rotatable bonds is 11. The van der Waals surface area contributed by atoms with Gasteiger partial charge in [0.2, 0.25) is 0 Å². The molecule has 5 N–H and O–H groups in total. The molecule has 1 aliphatic heterocycles. The highest BCUT2D eigenvalue weighted by Gasteiger charge is 2.31. The molecule has 0 aromatic heterocycles. The molecule has 1 rings (SSSR count). The number of hydrogen-bond donors (Lipinski definition) is 4. The molecule has 0 aromatic rings. The first-order valence-corrected chi connectivity index (χ1v) is 9.65. The molecule has 7 heteroatoms. The minimum Gasteiger partial charge on any atom is -0.379 e. The van der Waals surface area contributed by atoms with Crippen LogP contribution in [0.2, 0.25) is 0 Å². The summed E-state index contributed by atoms with van der Waals surface area (Å²) in [6, 6.07) is 0. The fourth-order valence-electron chi connectivity index (χ4n) is 2.27. The highest BCUT2D eigenvalue weighted by atomic mass is 16.6. The van der Waals surface area contributed by atoms with Crippen LogP contribution in [0.4, 0.5) is 0 Å². The molecule has 0 amide bonds. The van der Waals surface area contributed by atoms with Gasteiger partial charge in [-0.05, 0) is 25.7 Å².